The zero-order valence-electron chi connectivity index (χ0n) is 9.28. The number of carbonyl (C=O) groups is 2. The van der Waals surface area contributed by atoms with Crippen molar-refractivity contribution in [3.63, 3.8) is 0 Å². The average molecular weight is 215 g/mol. The fourth-order valence-electron chi connectivity index (χ4n) is 1.42. The lowest BCUT2D eigenvalue weighted by atomic mass is 10.2. The highest BCUT2D eigenvalue weighted by molar-refractivity contribution is 5.76. The van der Waals surface area contributed by atoms with Gasteiger partial charge in [-0.2, -0.15) is 0 Å². The lowest BCUT2D eigenvalue weighted by Gasteiger charge is -2.12. The van der Waals surface area contributed by atoms with Crippen LogP contribution in [0, 0.1) is 5.92 Å². The van der Waals surface area contributed by atoms with Crippen LogP contribution in [0.3, 0.4) is 0 Å². The molecule has 1 rings (SSSR count). The van der Waals surface area contributed by atoms with Gasteiger partial charge in [0.1, 0.15) is 12.1 Å². The molecule has 1 N–H and O–H groups in total. The Labute approximate surface area is 89.1 Å². The summed E-state index contributed by atoms with van der Waals surface area (Å²) in [7, 11) is 1.34. The van der Waals surface area contributed by atoms with E-state index >= 15 is 0 Å². The van der Waals surface area contributed by atoms with E-state index in [-0.39, 0.29) is 30.0 Å². The van der Waals surface area contributed by atoms with E-state index in [1.54, 1.807) is 13.8 Å². The summed E-state index contributed by atoms with van der Waals surface area (Å²) in [6.45, 7) is 4.07. The van der Waals surface area contributed by atoms with Gasteiger partial charge in [-0.25, -0.2) is 0 Å². The molecular weight excluding hydrogens is 198 g/mol. The molecule has 15 heavy (non-hydrogen) atoms. The molecule has 0 saturated carbocycles. The maximum absolute atomic E-state index is 11.3. The normalized spacial score (nSPS) is 25.3. The van der Waals surface area contributed by atoms with Gasteiger partial charge in [0, 0.05) is 13.0 Å². The Morgan fingerprint density at radius 3 is 2.60 bits per heavy atom. The van der Waals surface area contributed by atoms with Gasteiger partial charge in [-0.3, -0.25) is 9.59 Å². The number of methoxy groups -OCH3 is 1. The molecule has 1 aliphatic rings. The lowest BCUT2D eigenvalue weighted by molar-refractivity contribution is -0.152. The molecule has 0 radical (unpaired) electrons. The molecule has 0 aromatic carbocycles. The maximum atomic E-state index is 11.3. The van der Waals surface area contributed by atoms with E-state index in [9.17, 15) is 9.59 Å². The van der Waals surface area contributed by atoms with Gasteiger partial charge in [0.2, 0.25) is 0 Å². The van der Waals surface area contributed by atoms with Crippen LogP contribution >= 0.6 is 0 Å². The smallest absolute Gasteiger partial charge is 0.323 e. The van der Waals surface area contributed by atoms with Crippen molar-refractivity contribution in [3.8, 4) is 0 Å². The molecule has 86 valence electrons. The molecule has 5 heteroatoms. The first kappa shape index (κ1) is 12.0. The van der Waals surface area contributed by atoms with E-state index < -0.39 is 0 Å². The van der Waals surface area contributed by atoms with Gasteiger partial charge in [-0.05, 0) is 0 Å². The number of ether oxygens (including phenoxy) is 2. The van der Waals surface area contributed by atoms with Crippen LogP contribution in [0.5, 0.6) is 0 Å². The Morgan fingerprint density at radius 2 is 2.07 bits per heavy atom. The van der Waals surface area contributed by atoms with E-state index in [1.165, 1.54) is 7.11 Å². The van der Waals surface area contributed by atoms with Crippen LogP contribution in [-0.2, 0) is 19.1 Å². The number of hydrogen-bond donors (Lipinski definition) is 1. The van der Waals surface area contributed by atoms with Crippen LogP contribution < -0.4 is 5.32 Å². The minimum Gasteiger partial charge on any atom is -0.468 e. The second-order valence-corrected chi connectivity index (χ2v) is 3.93. The molecule has 0 bridgehead atoms. The van der Waals surface area contributed by atoms with Crippen LogP contribution in [0.15, 0.2) is 0 Å². The van der Waals surface area contributed by atoms with Crippen molar-refractivity contribution in [2.45, 2.75) is 32.4 Å². The molecule has 0 aliphatic carbocycles. The first-order chi connectivity index (χ1) is 7.04. The zero-order chi connectivity index (χ0) is 11.4. The summed E-state index contributed by atoms with van der Waals surface area (Å²) in [5.74, 6) is -0.674. The minimum absolute atomic E-state index is 0.137. The van der Waals surface area contributed by atoms with Gasteiger partial charge in [0.25, 0.3) is 0 Å². The van der Waals surface area contributed by atoms with Crippen molar-refractivity contribution in [2.75, 3.05) is 13.7 Å². The van der Waals surface area contributed by atoms with E-state index in [4.69, 9.17) is 4.74 Å². The third-order valence-corrected chi connectivity index (χ3v) is 2.33. The van der Waals surface area contributed by atoms with E-state index in [2.05, 4.69) is 10.1 Å². The lowest BCUT2D eigenvalue weighted by Crippen LogP contribution is -2.31. The third kappa shape index (κ3) is 3.20. The number of hydrogen-bond acceptors (Lipinski definition) is 5. The highest BCUT2D eigenvalue weighted by Crippen LogP contribution is 2.13. The predicted octanol–water partition coefficient (Wildman–Crippen LogP) is 0.0891. The fourth-order valence-corrected chi connectivity index (χ4v) is 1.42. The van der Waals surface area contributed by atoms with Gasteiger partial charge in [-0.15, -0.1) is 0 Å². The van der Waals surface area contributed by atoms with E-state index in [1.807, 2.05) is 0 Å². The summed E-state index contributed by atoms with van der Waals surface area (Å²) in [5, 5.41) is 2.95. The third-order valence-electron chi connectivity index (χ3n) is 2.33. The average Bonchev–Trinajstić information content (AvgIpc) is 2.65. The van der Waals surface area contributed by atoms with Crippen molar-refractivity contribution in [2.24, 2.45) is 5.92 Å². The Morgan fingerprint density at radius 1 is 1.40 bits per heavy atom. The number of rotatable bonds is 3. The first-order valence-corrected chi connectivity index (χ1v) is 5.06. The largest absolute Gasteiger partial charge is 0.468 e. The molecular formula is C10H17NO4. The second kappa shape index (κ2) is 5.11. The molecule has 2 atom stereocenters. The first-order valence-electron chi connectivity index (χ1n) is 5.06. The molecule has 5 nitrogen and oxygen atoms in total. The van der Waals surface area contributed by atoms with Gasteiger partial charge < -0.3 is 14.8 Å². The summed E-state index contributed by atoms with van der Waals surface area (Å²) in [5.41, 5.74) is 0. The second-order valence-electron chi connectivity index (χ2n) is 3.93. The Kier molecular flexibility index (Phi) is 4.08. The highest BCUT2D eigenvalue weighted by Gasteiger charge is 2.32. The standard InChI is InChI=1S/C10H17NO4/c1-6(2)9(12)15-7-4-8(11-5-7)10(13)14-3/h6-8,11H,4-5H2,1-3H3. The van der Waals surface area contributed by atoms with Crippen molar-refractivity contribution < 1.29 is 19.1 Å². The van der Waals surface area contributed by atoms with Crippen molar-refractivity contribution in [1.82, 2.24) is 5.32 Å². The Bertz CT molecular complexity index is 252. The monoisotopic (exact) mass is 215 g/mol. The molecule has 1 fully saturated rings. The quantitative estimate of drug-likeness (QED) is 0.676. The van der Waals surface area contributed by atoms with Crippen LogP contribution in [0.1, 0.15) is 20.3 Å². The Balaban J connectivity index is 2.37. The molecule has 0 spiro atoms. The van der Waals surface area contributed by atoms with Gasteiger partial charge in [-0.1, -0.05) is 13.8 Å². The van der Waals surface area contributed by atoms with Crippen LogP contribution in [0.25, 0.3) is 0 Å². The highest BCUT2D eigenvalue weighted by atomic mass is 16.5. The predicted molar refractivity (Wildman–Crippen MR) is 53.1 cm³/mol. The molecule has 1 aliphatic heterocycles. The van der Waals surface area contributed by atoms with Crippen LogP contribution in [0.2, 0.25) is 0 Å². The molecule has 0 aromatic heterocycles. The summed E-state index contributed by atoms with van der Waals surface area (Å²) >= 11 is 0. The minimum atomic E-state index is -0.347. The van der Waals surface area contributed by atoms with Crippen LogP contribution in [-0.4, -0.2) is 37.7 Å². The summed E-state index contributed by atoms with van der Waals surface area (Å²) in [4.78, 5) is 22.4. The summed E-state index contributed by atoms with van der Waals surface area (Å²) in [6, 6.07) is -0.347. The van der Waals surface area contributed by atoms with Gasteiger partial charge in [0.15, 0.2) is 0 Å². The van der Waals surface area contributed by atoms with Crippen molar-refractivity contribution in [3.05, 3.63) is 0 Å². The molecule has 2 unspecified atom stereocenters. The molecule has 1 saturated heterocycles. The number of esters is 2. The van der Waals surface area contributed by atoms with Crippen molar-refractivity contribution in [1.29, 1.82) is 0 Å². The molecule has 0 amide bonds. The van der Waals surface area contributed by atoms with Gasteiger partial charge in [0.05, 0.1) is 13.0 Å². The van der Waals surface area contributed by atoms with E-state index in [0.29, 0.717) is 13.0 Å². The number of carbonyl (C=O) groups excluding carboxylic acids is 2. The SMILES string of the molecule is COC(=O)C1CC(OC(=O)C(C)C)CN1. The maximum Gasteiger partial charge on any atom is 0.323 e. The van der Waals surface area contributed by atoms with Crippen LogP contribution in [0.4, 0.5) is 0 Å². The topological polar surface area (TPSA) is 64.6 Å². The molecule has 0 aromatic rings. The van der Waals surface area contributed by atoms with Crippen molar-refractivity contribution >= 4 is 11.9 Å². The van der Waals surface area contributed by atoms with E-state index in [0.717, 1.165) is 0 Å². The summed E-state index contributed by atoms with van der Waals surface area (Å²) < 4.78 is 9.78. The molecule has 1 heterocycles. The fraction of sp³-hybridized carbons (Fsp3) is 0.800. The number of nitrogens with one attached hydrogen (secondary N) is 1. The zero-order valence-corrected chi connectivity index (χ0v) is 9.28. The van der Waals surface area contributed by atoms with Gasteiger partial charge >= 0.3 is 11.9 Å². The Hall–Kier alpha value is -1.10. The summed E-state index contributed by atoms with van der Waals surface area (Å²) in [6.07, 6.45) is 0.273.